The molecule has 8 heteroatoms. The number of aryl methyl sites for hydroxylation is 1. The normalized spacial score (nSPS) is 12.9. The van der Waals surface area contributed by atoms with Crippen LogP contribution < -0.4 is 15.4 Å². The average molecular weight is 426 g/mol. The summed E-state index contributed by atoms with van der Waals surface area (Å²) >= 11 is 0. The molecule has 0 atom stereocenters. The summed E-state index contributed by atoms with van der Waals surface area (Å²) in [6.07, 6.45) is 1.94. The Hall–Kier alpha value is -4.20. The lowest BCUT2D eigenvalue weighted by atomic mass is 10.1. The van der Waals surface area contributed by atoms with Gasteiger partial charge in [0, 0.05) is 35.0 Å². The smallest absolute Gasteiger partial charge is 0.324 e. The zero-order valence-electron chi connectivity index (χ0n) is 17.5. The SMILES string of the molecule is Cc1cc(Nc2cc(-c3ccccc3)nc(Oc3ccc(NC(=O)C4CC4)cc3)n2)n[nH]1. The Balaban J connectivity index is 1.39. The molecule has 1 aliphatic carbocycles. The van der Waals surface area contributed by atoms with E-state index in [1.165, 1.54) is 0 Å². The van der Waals surface area contributed by atoms with Crippen LogP contribution in [0.4, 0.5) is 17.3 Å². The Labute approximate surface area is 185 Å². The second-order valence-corrected chi connectivity index (χ2v) is 7.74. The number of ether oxygens (including phenoxy) is 1. The van der Waals surface area contributed by atoms with Crippen LogP contribution in [0, 0.1) is 12.8 Å². The van der Waals surface area contributed by atoms with Gasteiger partial charge >= 0.3 is 6.01 Å². The topological polar surface area (TPSA) is 105 Å². The van der Waals surface area contributed by atoms with E-state index in [0.29, 0.717) is 17.4 Å². The molecule has 2 heterocycles. The Morgan fingerprint density at radius 2 is 1.78 bits per heavy atom. The van der Waals surface area contributed by atoms with Crippen molar-refractivity contribution >= 4 is 23.2 Å². The second kappa shape index (κ2) is 8.50. The molecule has 0 aliphatic heterocycles. The molecule has 32 heavy (non-hydrogen) atoms. The first kappa shape index (κ1) is 19.7. The monoisotopic (exact) mass is 426 g/mol. The maximum atomic E-state index is 11.9. The average Bonchev–Trinajstić information content (AvgIpc) is 3.58. The largest absolute Gasteiger partial charge is 0.424 e. The van der Waals surface area contributed by atoms with Crippen LogP contribution in [-0.2, 0) is 4.79 Å². The van der Waals surface area contributed by atoms with Gasteiger partial charge in [-0.1, -0.05) is 30.3 Å². The first-order valence-electron chi connectivity index (χ1n) is 10.4. The first-order chi connectivity index (χ1) is 15.6. The van der Waals surface area contributed by atoms with E-state index in [1.54, 1.807) is 12.1 Å². The quantitative estimate of drug-likeness (QED) is 0.382. The van der Waals surface area contributed by atoms with E-state index in [2.05, 4.69) is 30.8 Å². The number of nitrogens with zero attached hydrogens (tertiary/aromatic N) is 3. The number of carbonyl (C=O) groups is 1. The predicted molar refractivity (Wildman–Crippen MR) is 122 cm³/mol. The van der Waals surface area contributed by atoms with Crippen molar-refractivity contribution in [2.75, 3.05) is 10.6 Å². The molecule has 0 radical (unpaired) electrons. The maximum Gasteiger partial charge on any atom is 0.324 e. The number of anilines is 3. The second-order valence-electron chi connectivity index (χ2n) is 7.74. The molecule has 4 aromatic rings. The molecule has 0 spiro atoms. The fraction of sp³-hybridized carbons (Fsp3) is 0.167. The van der Waals surface area contributed by atoms with Gasteiger partial charge in [-0.3, -0.25) is 9.89 Å². The van der Waals surface area contributed by atoms with Gasteiger partial charge in [0.15, 0.2) is 5.82 Å². The molecule has 0 unspecified atom stereocenters. The number of benzene rings is 2. The molecule has 1 saturated carbocycles. The summed E-state index contributed by atoms with van der Waals surface area (Å²) in [6.45, 7) is 1.93. The fourth-order valence-electron chi connectivity index (χ4n) is 3.21. The van der Waals surface area contributed by atoms with Crippen molar-refractivity contribution in [3.63, 3.8) is 0 Å². The van der Waals surface area contributed by atoms with Gasteiger partial charge in [-0.2, -0.15) is 15.1 Å². The highest BCUT2D eigenvalue weighted by atomic mass is 16.5. The number of aromatic nitrogens is 4. The van der Waals surface area contributed by atoms with Gasteiger partial charge in [0.1, 0.15) is 11.6 Å². The maximum absolute atomic E-state index is 11.9. The molecule has 5 rings (SSSR count). The lowest BCUT2D eigenvalue weighted by Gasteiger charge is -2.10. The highest BCUT2D eigenvalue weighted by Gasteiger charge is 2.29. The van der Waals surface area contributed by atoms with Crippen LogP contribution in [0.2, 0.25) is 0 Å². The van der Waals surface area contributed by atoms with Gasteiger partial charge in [-0.15, -0.1) is 0 Å². The Kier molecular flexibility index (Phi) is 5.25. The van der Waals surface area contributed by atoms with E-state index in [1.807, 2.05) is 61.5 Å². The molecule has 160 valence electrons. The first-order valence-corrected chi connectivity index (χ1v) is 10.4. The fourth-order valence-corrected chi connectivity index (χ4v) is 3.21. The standard InChI is InChI=1S/C24H22N6O2/c1-15-13-22(30-29-15)27-21-14-20(16-5-3-2-4-6-16)26-24(28-21)32-19-11-9-18(10-12-19)25-23(31)17-7-8-17/h2-6,9-14,17H,7-8H2,1H3,(H,25,31)(H2,26,27,28,29,30). The number of amides is 1. The van der Waals surface area contributed by atoms with Crippen molar-refractivity contribution in [3.8, 4) is 23.0 Å². The number of hydrogen-bond donors (Lipinski definition) is 3. The Bertz CT molecular complexity index is 1230. The minimum absolute atomic E-state index is 0.0712. The molecule has 1 fully saturated rings. The number of nitrogens with one attached hydrogen (secondary N) is 3. The van der Waals surface area contributed by atoms with Gasteiger partial charge < -0.3 is 15.4 Å². The summed E-state index contributed by atoms with van der Waals surface area (Å²) in [7, 11) is 0. The summed E-state index contributed by atoms with van der Waals surface area (Å²) in [6, 6.07) is 20.9. The molecule has 0 saturated heterocycles. The molecule has 0 bridgehead atoms. The van der Waals surface area contributed by atoms with E-state index in [-0.39, 0.29) is 17.8 Å². The van der Waals surface area contributed by atoms with Gasteiger partial charge in [0.25, 0.3) is 0 Å². The van der Waals surface area contributed by atoms with Crippen LogP contribution >= 0.6 is 0 Å². The third kappa shape index (κ3) is 4.75. The Morgan fingerprint density at radius 1 is 1.00 bits per heavy atom. The third-order valence-electron chi connectivity index (χ3n) is 5.02. The van der Waals surface area contributed by atoms with Gasteiger partial charge in [0.05, 0.1) is 5.69 Å². The summed E-state index contributed by atoms with van der Waals surface area (Å²) in [5.41, 5.74) is 3.34. The van der Waals surface area contributed by atoms with Crippen molar-refractivity contribution in [2.24, 2.45) is 5.92 Å². The van der Waals surface area contributed by atoms with Crippen molar-refractivity contribution in [1.29, 1.82) is 0 Å². The molecule has 2 aromatic carbocycles. The minimum Gasteiger partial charge on any atom is -0.424 e. The lowest BCUT2D eigenvalue weighted by molar-refractivity contribution is -0.117. The van der Waals surface area contributed by atoms with Crippen molar-refractivity contribution < 1.29 is 9.53 Å². The zero-order valence-corrected chi connectivity index (χ0v) is 17.5. The van der Waals surface area contributed by atoms with E-state index in [4.69, 9.17) is 4.74 Å². The summed E-state index contributed by atoms with van der Waals surface area (Å²) in [5.74, 6) is 2.02. The number of rotatable bonds is 7. The van der Waals surface area contributed by atoms with Crippen LogP contribution in [0.25, 0.3) is 11.3 Å². The summed E-state index contributed by atoms with van der Waals surface area (Å²) in [4.78, 5) is 21.0. The highest BCUT2D eigenvalue weighted by molar-refractivity contribution is 5.94. The molecule has 8 nitrogen and oxygen atoms in total. The van der Waals surface area contributed by atoms with E-state index < -0.39 is 0 Å². The predicted octanol–water partition coefficient (Wildman–Crippen LogP) is 5.06. The van der Waals surface area contributed by atoms with E-state index in [0.717, 1.165) is 35.5 Å². The number of carbonyl (C=O) groups excluding carboxylic acids is 1. The summed E-state index contributed by atoms with van der Waals surface area (Å²) < 4.78 is 5.94. The highest BCUT2D eigenvalue weighted by Crippen LogP contribution is 2.31. The molecule has 2 aromatic heterocycles. The van der Waals surface area contributed by atoms with Crippen LogP contribution in [0.5, 0.6) is 11.8 Å². The van der Waals surface area contributed by atoms with Crippen LogP contribution in [0.15, 0.2) is 66.7 Å². The molecule has 1 amide bonds. The number of aromatic amines is 1. The third-order valence-corrected chi connectivity index (χ3v) is 5.02. The number of H-pyrrole nitrogens is 1. The molecular weight excluding hydrogens is 404 g/mol. The minimum atomic E-state index is 0.0712. The van der Waals surface area contributed by atoms with E-state index >= 15 is 0 Å². The zero-order chi connectivity index (χ0) is 21.9. The van der Waals surface area contributed by atoms with Crippen molar-refractivity contribution in [1.82, 2.24) is 20.2 Å². The van der Waals surface area contributed by atoms with E-state index in [9.17, 15) is 4.79 Å². The van der Waals surface area contributed by atoms with Gasteiger partial charge in [0.2, 0.25) is 5.91 Å². The number of hydrogen-bond acceptors (Lipinski definition) is 6. The molecular formula is C24H22N6O2. The Morgan fingerprint density at radius 3 is 2.47 bits per heavy atom. The summed E-state index contributed by atoms with van der Waals surface area (Å²) in [5, 5.41) is 13.2. The van der Waals surface area contributed by atoms with Gasteiger partial charge in [-0.05, 0) is 44.0 Å². The molecule has 3 N–H and O–H groups in total. The molecule has 1 aliphatic rings. The van der Waals surface area contributed by atoms with Crippen LogP contribution in [0.3, 0.4) is 0 Å². The van der Waals surface area contributed by atoms with Gasteiger partial charge in [-0.25, -0.2) is 0 Å². The van der Waals surface area contributed by atoms with Crippen LogP contribution in [-0.4, -0.2) is 26.1 Å². The van der Waals surface area contributed by atoms with Crippen LogP contribution in [0.1, 0.15) is 18.5 Å². The van der Waals surface area contributed by atoms with Crippen molar-refractivity contribution in [3.05, 3.63) is 72.4 Å². The lowest BCUT2D eigenvalue weighted by Crippen LogP contribution is -2.12. The van der Waals surface area contributed by atoms with Crippen molar-refractivity contribution in [2.45, 2.75) is 19.8 Å².